The van der Waals surface area contributed by atoms with Gasteiger partial charge in [-0.05, 0) is 18.9 Å². The van der Waals surface area contributed by atoms with Crippen molar-refractivity contribution in [3.05, 3.63) is 21.9 Å². The molecule has 0 spiro atoms. The summed E-state index contributed by atoms with van der Waals surface area (Å²) < 4.78 is 0. The molecule has 1 heterocycles. The van der Waals surface area contributed by atoms with Crippen molar-refractivity contribution in [3.63, 3.8) is 0 Å². The van der Waals surface area contributed by atoms with E-state index in [1.165, 1.54) is 6.07 Å². The molecule has 2 rings (SSSR count). The summed E-state index contributed by atoms with van der Waals surface area (Å²) in [6.07, 6.45) is 1.65. The highest BCUT2D eigenvalue weighted by Gasteiger charge is 2.27. The maximum atomic E-state index is 11.6. The zero-order valence-corrected chi connectivity index (χ0v) is 9.40. The molecule has 1 aliphatic rings. The molecule has 0 saturated heterocycles. The molecule has 82 valence electrons. The first-order chi connectivity index (χ1) is 7.06. The molecule has 1 amide bonds. The van der Waals surface area contributed by atoms with Gasteiger partial charge in [0.15, 0.2) is 0 Å². The van der Waals surface area contributed by atoms with Crippen LogP contribution >= 0.6 is 23.2 Å². The number of hydrogen-bond acceptors (Lipinski definition) is 2. The van der Waals surface area contributed by atoms with Crippen LogP contribution in [0, 0.1) is 0 Å². The summed E-state index contributed by atoms with van der Waals surface area (Å²) in [5.74, 6) is -0.194. The van der Waals surface area contributed by atoms with E-state index in [-0.39, 0.29) is 23.1 Å². The first kappa shape index (κ1) is 10.8. The summed E-state index contributed by atoms with van der Waals surface area (Å²) >= 11 is 11.4. The number of rotatable bonds is 2. The van der Waals surface area contributed by atoms with E-state index in [1.54, 1.807) is 0 Å². The molecule has 15 heavy (non-hydrogen) atoms. The number of nitrogens with two attached hydrogens (primary N) is 1. The zero-order valence-electron chi connectivity index (χ0n) is 7.89. The number of carbonyl (C=O) groups is 1. The summed E-state index contributed by atoms with van der Waals surface area (Å²) in [6, 6.07) is 1.90. The van der Waals surface area contributed by atoms with Crippen molar-refractivity contribution in [3.8, 4) is 0 Å². The molecule has 4 nitrogen and oxygen atoms in total. The molecular weight excluding hydrogens is 237 g/mol. The van der Waals surface area contributed by atoms with Gasteiger partial charge < -0.3 is 16.0 Å². The summed E-state index contributed by atoms with van der Waals surface area (Å²) in [6.45, 7) is 0. The van der Waals surface area contributed by atoms with Gasteiger partial charge in [0.2, 0.25) is 0 Å². The molecule has 1 aromatic rings. The van der Waals surface area contributed by atoms with Gasteiger partial charge in [0.1, 0.15) is 10.8 Å². The Labute approximate surface area is 97.1 Å². The van der Waals surface area contributed by atoms with E-state index in [4.69, 9.17) is 28.9 Å². The lowest BCUT2D eigenvalue weighted by molar-refractivity contribution is 0.0906. The summed E-state index contributed by atoms with van der Waals surface area (Å²) in [7, 11) is 0. The lowest BCUT2D eigenvalue weighted by Gasteiger charge is -2.32. The molecule has 0 unspecified atom stereocenters. The van der Waals surface area contributed by atoms with Crippen LogP contribution in [0.4, 0.5) is 0 Å². The number of halogens is 2. The molecule has 1 aromatic heterocycles. The van der Waals surface area contributed by atoms with Crippen molar-refractivity contribution in [1.82, 2.24) is 10.3 Å². The largest absolute Gasteiger partial charge is 0.348 e. The van der Waals surface area contributed by atoms with Gasteiger partial charge in [0.25, 0.3) is 5.91 Å². The minimum Gasteiger partial charge on any atom is -0.348 e. The lowest BCUT2D eigenvalue weighted by atomic mass is 9.87. The maximum Gasteiger partial charge on any atom is 0.268 e. The van der Waals surface area contributed by atoms with Crippen molar-refractivity contribution >= 4 is 29.1 Å². The summed E-state index contributed by atoms with van der Waals surface area (Å²) in [5, 5.41) is 3.47. The second kappa shape index (κ2) is 4.04. The highest BCUT2D eigenvalue weighted by atomic mass is 35.5. The number of carbonyl (C=O) groups excluding carboxylic acids is 1. The van der Waals surface area contributed by atoms with Crippen LogP contribution in [0.25, 0.3) is 0 Å². The van der Waals surface area contributed by atoms with Gasteiger partial charge in [0.05, 0.1) is 5.02 Å². The predicted octanol–water partition coefficient (Wildman–Crippen LogP) is 1.54. The highest BCUT2D eigenvalue weighted by Crippen LogP contribution is 2.23. The van der Waals surface area contributed by atoms with Gasteiger partial charge in [-0.2, -0.15) is 0 Å². The van der Waals surface area contributed by atoms with Crippen LogP contribution in [-0.4, -0.2) is 23.0 Å². The molecule has 1 aliphatic carbocycles. The number of nitrogens with one attached hydrogen (secondary N) is 2. The summed E-state index contributed by atoms with van der Waals surface area (Å²) in [5.41, 5.74) is 5.99. The van der Waals surface area contributed by atoms with E-state index in [0.717, 1.165) is 12.8 Å². The SMILES string of the molecule is NC1CC(NC(=O)c2cc(Cl)c(Cl)[nH]2)C1. The van der Waals surface area contributed by atoms with Gasteiger partial charge >= 0.3 is 0 Å². The van der Waals surface area contributed by atoms with E-state index in [9.17, 15) is 4.79 Å². The molecule has 0 atom stereocenters. The van der Waals surface area contributed by atoms with Crippen molar-refractivity contribution in [1.29, 1.82) is 0 Å². The van der Waals surface area contributed by atoms with Crippen LogP contribution in [-0.2, 0) is 0 Å². The Bertz CT molecular complexity index is 365. The molecule has 0 radical (unpaired) electrons. The van der Waals surface area contributed by atoms with E-state index in [1.807, 2.05) is 0 Å². The molecule has 0 aliphatic heterocycles. The standard InChI is InChI=1S/C9H11Cl2N3O/c10-6-3-7(14-8(6)11)9(15)13-5-1-4(12)2-5/h3-5,14H,1-2,12H2,(H,13,15). The van der Waals surface area contributed by atoms with Crippen LogP contribution in [0.3, 0.4) is 0 Å². The van der Waals surface area contributed by atoms with Gasteiger partial charge in [-0.1, -0.05) is 23.2 Å². The molecule has 1 fully saturated rings. The monoisotopic (exact) mass is 247 g/mol. The van der Waals surface area contributed by atoms with Crippen molar-refractivity contribution in [2.24, 2.45) is 5.73 Å². The van der Waals surface area contributed by atoms with Crippen LogP contribution in [0.2, 0.25) is 10.2 Å². The number of amides is 1. The van der Waals surface area contributed by atoms with E-state index >= 15 is 0 Å². The minimum atomic E-state index is -0.194. The Balaban J connectivity index is 1.96. The van der Waals surface area contributed by atoms with Gasteiger partial charge in [-0.15, -0.1) is 0 Å². The van der Waals surface area contributed by atoms with Gasteiger partial charge in [-0.3, -0.25) is 4.79 Å². The second-order valence-corrected chi connectivity index (χ2v) is 4.53. The Hall–Kier alpha value is -0.710. The Morgan fingerprint density at radius 3 is 2.67 bits per heavy atom. The molecular formula is C9H11Cl2N3O. The number of hydrogen-bond donors (Lipinski definition) is 3. The highest BCUT2D eigenvalue weighted by molar-refractivity contribution is 6.41. The third-order valence-corrected chi connectivity index (χ3v) is 3.17. The van der Waals surface area contributed by atoms with Crippen LogP contribution in [0.5, 0.6) is 0 Å². The number of aromatic amines is 1. The van der Waals surface area contributed by atoms with Crippen molar-refractivity contribution in [2.45, 2.75) is 24.9 Å². The smallest absolute Gasteiger partial charge is 0.268 e. The Kier molecular flexibility index (Phi) is 2.91. The van der Waals surface area contributed by atoms with Crippen LogP contribution < -0.4 is 11.1 Å². The van der Waals surface area contributed by atoms with Gasteiger partial charge in [-0.25, -0.2) is 0 Å². The third-order valence-electron chi connectivity index (χ3n) is 2.48. The number of aromatic nitrogens is 1. The maximum absolute atomic E-state index is 11.6. The topological polar surface area (TPSA) is 70.9 Å². The summed E-state index contributed by atoms with van der Waals surface area (Å²) in [4.78, 5) is 14.3. The van der Waals surface area contributed by atoms with Crippen molar-refractivity contribution < 1.29 is 4.79 Å². The zero-order chi connectivity index (χ0) is 11.0. The van der Waals surface area contributed by atoms with Crippen LogP contribution in [0.15, 0.2) is 6.07 Å². The molecule has 6 heteroatoms. The predicted molar refractivity (Wildman–Crippen MR) is 59.3 cm³/mol. The Morgan fingerprint density at radius 1 is 1.53 bits per heavy atom. The average Bonchev–Trinajstić information content (AvgIpc) is 2.44. The fourth-order valence-corrected chi connectivity index (χ4v) is 1.88. The first-order valence-corrected chi connectivity index (χ1v) is 5.42. The lowest BCUT2D eigenvalue weighted by Crippen LogP contribution is -2.50. The van der Waals surface area contributed by atoms with E-state index in [0.29, 0.717) is 10.7 Å². The second-order valence-electron chi connectivity index (χ2n) is 3.75. The normalized spacial score (nSPS) is 24.7. The minimum absolute atomic E-state index is 0.174. The van der Waals surface area contributed by atoms with E-state index < -0.39 is 0 Å². The fraction of sp³-hybridized carbons (Fsp3) is 0.444. The average molecular weight is 248 g/mol. The Morgan fingerprint density at radius 2 is 2.20 bits per heavy atom. The van der Waals surface area contributed by atoms with Crippen molar-refractivity contribution in [2.75, 3.05) is 0 Å². The third kappa shape index (κ3) is 2.27. The van der Waals surface area contributed by atoms with Crippen LogP contribution in [0.1, 0.15) is 23.3 Å². The first-order valence-electron chi connectivity index (χ1n) is 4.66. The van der Waals surface area contributed by atoms with E-state index in [2.05, 4.69) is 10.3 Å². The molecule has 4 N–H and O–H groups in total. The van der Waals surface area contributed by atoms with Gasteiger partial charge in [0, 0.05) is 12.1 Å². The molecule has 1 saturated carbocycles. The quantitative estimate of drug-likeness (QED) is 0.742. The number of H-pyrrole nitrogens is 1. The fourth-order valence-electron chi connectivity index (χ4n) is 1.57. The molecule has 0 bridgehead atoms. The molecule has 0 aromatic carbocycles.